The van der Waals surface area contributed by atoms with Crippen molar-refractivity contribution in [2.45, 2.75) is 131 Å². The van der Waals surface area contributed by atoms with Crippen molar-refractivity contribution in [2.24, 2.45) is 0 Å². The fourth-order valence-electron chi connectivity index (χ4n) is 13.0. The third-order valence-corrected chi connectivity index (χ3v) is 19.0. The molecule has 2 aromatic heterocycles. The Bertz CT molecular complexity index is 4270. The van der Waals surface area contributed by atoms with Gasteiger partial charge in [-0.25, -0.2) is 0 Å². The summed E-state index contributed by atoms with van der Waals surface area (Å²) in [5.41, 5.74) is 23.8. The van der Waals surface area contributed by atoms with Gasteiger partial charge in [-0.1, -0.05) is 213 Å². The minimum Gasteiger partial charge on any atom is -0.319 e. The van der Waals surface area contributed by atoms with E-state index in [-0.39, 0.29) is 33.8 Å². The average Bonchev–Trinajstić information content (AvgIpc) is 1.41. The lowest BCUT2D eigenvalue weighted by Gasteiger charge is -2.44. The highest BCUT2D eigenvalue weighted by atomic mass is 32.1. The van der Waals surface area contributed by atoms with Gasteiger partial charge in [-0.2, -0.15) is 0 Å². The molecule has 6 heteroatoms. The summed E-state index contributed by atoms with van der Waals surface area (Å²) >= 11 is 1.98. The van der Waals surface area contributed by atoms with Crippen LogP contribution in [0.4, 0.5) is 51.2 Å². The van der Waals surface area contributed by atoms with Crippen molar-refractivity contribution in [2.75, 3.05) is 14.7 Å². The summed E-state index contributed by atoms with van der Waals surface area (Å²) in [7, 11) is 0. The van der Waals surface area contributed by atoms with Gasteiger partial charge in [0.25, 0.3) is 6.71 Å². The molecule has 0 aliphatic carbocycles. The summed E-state index contributed by atoms with van der Waals surface area (Å²) < 4.78 is 5.30. The first-order valence-electron chi connectivity index (χ1n) is 30.2. The van der Waals surface area contributed by atoms with Crippen molar-refractivity contribution >= 4 is 106 Å². The van der Waals surface area contributed by atoms with Crippen LogP contribution in [0.15, 0.2) is 206 Å². The summed E-state index contributed by atoms with van der Waals surface area (Å²) in [5, 5.41) is 2.51. The predicted molar refractivity (Wildman–Crippen MR) is 366 cm³/mol. The minimum absolute atomic E-state index is 0.0170. The second-order valence-corrected chi connectivity index (χ2v) is 29.9. The second kappa shape index (κ2) is 19.8. The Labute approximate surface area is 504 Å². The highest BCUT2D eigenvalue weighted by molar-refractivity contribution is 7.33. The van der Waals surface area contributed by atoms with Gasteiger partial charge in [0.1, 0.15) is 0 Å². The van der Waals surface area contributed by atoms with Gasteiger partial charge in [0.15, 0.2) is 0 Å². The lowest BCUT2D eigenvalue weighted by atomic mass is 9.37. The summed E-state index contributed by atoms with van der Waals surface area (Å²) in [4.78, 5) is 7.84. The zero-order valence-electron chi connectivity index (χ0n) is 51.9. The first-order chi connectivity index (χ1) is 39.8. The zero-order chi connectivity index (χ0) is 59.0. The largest absolute Gasteiger partial charge is 0.319 e. The van der Waals surface area contributed by atoms with E-state index in [0.29, 0.717) is 0 Å². The van der Waals surface area contributed by atoms with Crippen LogP contribution in [-0.4, -0.2) is 11.3 Å². The quantitative estimate of drug-likeness (QED) is 0.148. The highest BCUT2D eigenvalue weighted by Gasteiger charge is 2.49. The number of nitrogens with zero attached hydrogens (tertiary/aromatic N) is 4. The maximum absolute atomic E-state index is 2.71. The first kappa shape index (κ1) is 55.2. The molecule has 9 aromatic carbocycles. The van der Waals surface area contributed by atoms with Crippen LogP contribution in [0.3, 0.4) is 0 Å². The van der Waals surface area contributed by atoms with E-state index in [1.165, 1.54) is 92.8 Å². The van der Waals surface area contributed by atoms with Gasteiger partial charge in [-0.3, -0.25) is 0 Å². The molecule has 2 aliphatic heterocycles. The van der Waals surface area contributed by atoms with E-state index < -0.39 is 0 Å². The van der Waals surface area contributed by atoms with E-state index in [0.717, 1.165) is 39.8 Å². The summed E-state index contributed by atoms with van der Waals surface area (Å²) in [6.45, 7) is 34.8. The number of fused-ring (bicyclic) bond motifs is 8. The number of hydrogen-bond acceptors (Lipinski definition) is 4. The lowest BCUT2D eigenvalue weighted by molar-refractivity contribution is 0.590. The maximum Gasteiger partial charge on any atom is 0.285 e. The maximum atomic E-state index is 2.71. The number of anilines is 9. The van der Waals surface area contributed by atoms with Crippen molar-refractivity contribution in [1.82, 2.24) is 4.57 Å². The molecule has 420 valence electrons. The Morgan fingerprint density at radius 3 is 1.36 bits per heavy atom. The SMILES string of the molecule is CC(C)(C)c1ccc(N2c3cc(N(c4ccccc4)c4ccccc4)cc4c3B(c3sc5ccc(C(C)(C)C)cc5c32)c2c(c3cc(C(C)(C)C)ccc3n2-c2ccc(C(C)(C)C)cc2)N4c2ccc(C(C)(C)C)cc2-c2ccccc2)cc1. The molecule has 0 fully saturated rings. The van der Waals surface area contributed by atoms with Gasteiger partial charge in [-0.05, 0) is 163 Å². The van der Waals surface area contributed by atoms with Crippen LogP contribution < -0.4 is 30.5 Å². The molecule has 4 nitrogen and oxygen atoms in total. The van der Waals surface area contributed by atoms with Crippen molar-refractivity contribution in [3.05, 3.63) is 234 Å². The van der Waals surface area contributed by atoms with Gasteiger partial charge >= 0.3 is 0 Å². The monoisotopic (exact) mass is 1110 g/mol. The van der Waals surface area contributed by atoms with Gasteiger partial charge in [0.2, 0.25) is 0 Å². The smallest absolute Gasteiger partial charge is 0.285 e. The molecule has 0 spiro atoms. The Hall–Kier alpha value is -8.06. The molecule has 2 aliphatic rings. The molecule has 11 aromatic rings. The topological polar surface area (TPSA) is 14.7 Å². The molecule has 0 radical (unpaired) electrons. The third kappa shape index (κ3) is 9.37. The standard InChI is InChI=1S/C78H79BN4S/c1-74(2,3)51-31-38-58(39-32-51)81-66-48-60(80(56-27-21-17-22-28-56)57-29-23-18-24-30-57)49-67-69(66)79(73-71(81)63-47-55(78(13,14)15)37-44-68(63)84-73)72-70(83(67)64-42-35-53(76(7,8)9)45-61(64)50-25-19-16-20-26-50)62-46-54(77(10,11)12)36-43-65(62)82(72)59-40-33-52(34-41-59)75(4,5)6/h16-49H,1-15H3. The molecule has 0 N–H and O–H groups in total. The normalized spacial score (nSPS) is 13.6. The van der Waals surface area contributed by atoms with Gasteiger partial charge in [0, 0.05) is 65.5 Å². The number of hydrogen-bond donors (Lipinski definition) is 0. The van der Waals surface area contributed by atoms with E-state index in [1.54, 1.807) is 0 Å². The van der Waals surface area contributed by atoms with Gasteiger partial charge in [-0.15, -0.1) is 11.3 Å². The zero-order valence-corrected chi connectivity index (χ0v) is 52.7. The minimum atomic E-state index is -0.186. The third-order valence-electron chi connectivity index (χ3n) is 17.7. The van der Waals surface area contributed by atoms with Crippen molar-refractivity contribution in [3.8, 4) is 16.8 Å². The van der Waals surface area contributed by atoms with E-state index in [2.05, 4.69) is 329 Å². The van der Waals surface area contributed by atoms with E-state index in [4.69, 9.17) is 0 Å². The molecule has 0 amide bonds. The molecule has 0 bridgehead atoms. The molecule has 0 saturated heterocycles. The van der Waals surface area contributed by atoms with Crippen LogP contribution in [0, 0.1) is 0 Å². The lowest BCUT2D eigenvalue weighted by Crippen LogP contribution is -2.62. The molecular formula is C78H79BN4S. The summed E-state index contributed by atoms with van der Waals surface area (Å²) in [6, 6.07) is 79.1. The van der Waals surface area contributed by atoms with Gasteiger partial charge < -0.3 is 19.3 Å². The predicted octanol–water partition coefficient (Wildman–Crippen LogP) is 20.6. The Kier molecular flexibility index (Phi) is 13.0. The Morgan fingerprint density at radius 1 is 0.369 bits per heavy atom. The van der Waals surface area contributed by atoms with Crippen LogP contribution >= 0.6 is 11.3 Å². The molecule has 84 heavy (non-hydrogen) atoms. The van der Waals surface area contributed by atoms with E-state index >= 15 is 0 Å². The van der Waals surface area contributed by atoms with Gasteiger partial charge in [0.05, 0.1) is 28.3 Å². The Morgan fingerprint density at radius 2 is 0.821 bits per heavy atom. The number of benzene rings is 9. The highest BCUT2D eigenvalue weighted by Crippen LogP contribution is 2.54. The molecular weight excluding hydrogens is 1040 g/mol. The molecule has 0 unspecified atom stereocenters. The van der Waals surface area contributed by atoms with Crippen LogP contribution in [0.25, 0.3) is 37.8 Å². The van der Waals surface area contributed by atoms with E-state index in [1.807, 2.05) is 11.3 Å². The van der Waals surface area contributed by atoms with Crippen molar-refractivity contribution < 1.29 is 0 Å². The van der Waals surface area contributed by atoms with E-state index in [9.17, 15) is 0 Å². The second-order valence-electron chi connectivity index (χ2n) is 28.8. The van der Waals surface area contributed by atoms with Crippen LogP contribution in [-0.2, 0) is 27.1 Å². The first-order valence-corrected chi connectivity index (χ1v) is 31.0. The fraction of sp³-hybridized carbons (Fsp3) is 0.256. The van der Waals surface area contributed by atoms with Crippen LogP contribution in [0.2, 0.25) is 0 Å². The summed E-state index contributed by atoms with van der Waals surface area (Å²) in [6.07, 6.45) is 0. The number of aromatic nitrogens is 1. The molecule has 0 atom stereocenters. The number of para-hydroxylation sites is 2. The van der Waals surface area contributed by atoms with Crippen LogP contribution in [0.5, 0.6) is 0 Å². The fourth-order valence-corrected chi connectivity index (χ4v) is 14.2. The van der Waals surface area contributed by atoms with Crippen LogP contribution in [0.1, 0.15) is 132 Å². The average molecular weight is 1120 g/mol. The molecule has 13 rings (SSSR count). The summed E-state index contributed by atoms with van der Waals surface area (Å²) in [5.74, 6) is 0. The molecule has 0 saturated carbocycles. The molecule has 4 heterocycles. The van der Waals surface area contributed by atoms with Crippen molar-refractivity contribution in [1.29, 1.82) is 0 Å². The number of rotatable bonds is 7. The number of thiophene rings is 1. The Balaban J connectivity index is 1.27. The van der Waals surface area contributed by atoms with Crippen molar-refractivity contribution in [3.63, 3.8) is 0 Å².